The third kappa shape index (κ3) is 3.14. The van der Waals surface area contributed by atoms with Crippen molar-refractivity contribution in [3.05, 3.63) is 53.9 Å². The molecule has 0 saturated carbocycles. The summed E-state index contributed by atoms with van der Waals surface area (Å²) < 4.78 is 5.35. The van der Waals surface area contributed by atoms with Crippen LogP contribution in [0.4, 0.5) is 5.69 Å². The molecule has 3 nitrogen and oxygen atoms in total. The van der Waals surface area contributed by atoms with Crippen molar-refractivity contribution in [1.29, 1.82) is 0 Å². The van der Waals surface area contributed by atoms with Crippen LogP contribution in [0.2, 0.25) is 0 Å². The molecule has 3 heteroatoms. The van der Waals surface area contributed by atoms with Crippen molar-refractivity contribution < 1.29 is 4.74 Å². The fourth-order valence-corrected chi connectivity index (χ4v) is 2.72. The highest BCUT2D eigenvalue weighted by Gasteiger charge is 2.13. The van der Waals surface area contributed by atoms with Crippen LogP contribution in [-0.2, 0) is 0 Å². The molecule has 3 rings (SSSR count). The SMILES string of the molecule is CC.COc1ccc(N)c(-c2c(C)c(C)cc3cnccc23)c1. The molecule has 0 aliphatic rings. The number of anilines is 1. The van der Waals surface area contributed by atoms with Crippen LogP contribution in [0.25, 0.3) is 21.9 Å². The first-order valence-corrected chi connectivity index (χ1v) is 7.89. The van der Waals surface area contributed by atoms with Crippen LogP contribution in [0.3, 0.4) is 0 Å². The number of nitrogen functional groups attached to an aromatic ring is 1. The summed E-state index contributed by atoms with van der Waals surface area (Å²) in [4.78, 5) is 4.22. The summed E-state index contributed by atoms with van der Waals surface area (Å²) in [5.74, 6) is 0.808. The Morgan fingerprint density at radius 2 is 1.78 bits per heavy atom. The summed E-state index contributed by atoms with van der Waals surface area (Å²) in [6, 6.07) is 9.97. The van der Waals surface area contributed by atoms with E-state index in [1.165, 1.54) is 11.1 Å². The third-order valence-electron chi connectivity index (χ3n) is 3.99. The van der Waals surface area contributed by atoms with Crippen LogP contribution in [0.5, 0.6) is 5.75 Å². The Morgan fingerprint density at radius 1 is 1.04 bits per heavy atom. The van der Waals surface area contributed by atoms with E-state index in [1.807, 2.05) is 50.5 Å². The summed E-state index contributed by atoms with van der Waals surface area (Å²) >= 11 is 0. The lowest BCUT2D eigenvalue weighted by molar-refractivity contribution is 0.415. The average molecular weight is 308 g/mol. The van der Waals surface area contributed by atoms with Crippen molar-refractivity contribution in [3.8, 4) is 16.9 Å². The topological polar surface area (TPSA) is 48.1 Å². The van der Waals surface area contributed by atoms with E-state index >= 15 is 0 Å². The second kappa shape index (κ2) is 7.14. The fraction of sp³-hybridized carbons (Fsp3) is 0.250. The maximum Gasteiger partial charge on any atom is 0.119 e. The normalized spacial score (nSPS) is 10.1. The molecule has 0 bridgehead atoms. The van der Waals surface area contributed by atoms with Gasteiger partial charge in [-0.05, 0) is 66.3 Å². The van der Waals surface area contributed by atoms with Gasteiger partial charge in [-0.2, -0.15) is 0 Å². The number of rotatable bonds is 2. The first kappa shape index (κ1) is 16.8. The quantitative estimate of drug-likeness (QED) is 0.667. The zero-order chi connectivity index (χ0) is 17.0. The minimum Gasteiger partial charge on any atom is -0.497 e. The minimum absolute atomic E-state index is 0.752. The lowest BCUT2D eigenvalue weighted by Crippen LogP contribution is -1.96. The van der Waals surface area contributed by atoms with E-state index in [2.05, 4.69) is 24.9 Å². The van der Waals surface area contributed by atoms with Crippen molar-refractivity contribution in [2.75, 3.05) is 12.8 Å². The molecule has 120 valence electrons. The fourth-order valence-electron chi connectivity index (χ4n) is 2.72. The molecule has 1 heterocycles. The van der Waals surface area contributed by atoms with Crippen molar-refractivity contribution in [2.45, 2.75) is 27.7 Å². The van der Waals surface area contributed by atoms with Gasteiger partial charge in [0.2, 0.25) is 0 Å². The van der Waals surface area contributed by atoms with E-state index in [-0.39, 0.29) is 0 Å². The summed E-state index contributed by atoms with van der Waals surface area (Å²) in [6.45, 7) is 8.24. The molecule has 0 atom stereocenters. The van der Waals surface area contributed by atoms with E-state index < -0.39 is 0 Å². The highest BCUT2D eigenvalue weighted by molar-refractivity contribution is 6.01. The predicted octanol–water partition coefficient (Wildman–Crippen LogP) is 5.14. The molecule has 0 aliphatic heterocycles. The second-order valence-electron chi connectivity index (χ2n) is 5.24. The van der Waals surface area contributed by atoms with Crippen LogP contribution in [-0.4, -0.2) is 12.1 Å². The van der Waals surface area contributed by atoms with E-state index in [0.717, 1.165) is 33.3 Å². The maximum atomic E-state index is 6.21. The first-order chi connectivity index (χ1) is 11.1. The Hall–Kier alpha value is -2.55. The molecule has 0 unspecified atom stereocenters. The van der Waals surface area contributed by atoms with E-state index in [9.17, 15) is 0 Å². The van der Waals surface area contributed by atoms with E-state index in [0.29, 0.717) is 0 Å². The monoisotopic (exact) mass is 308 g/mol. The smallest absolute Gasteiger partial charge is 0.119 e. The zero-order valence-electron chi connectivity index (χ0n) is 14.5. The summed E-state index contributed by atoms with van der Waals surface area (Å²) in [6.07, 6.45) is 3.71. The molecule has 3 aromatic rings. The Morgan fingerprint density at radius 3 is 2.48 bits per heavy atom. The molecule has 0 aliphatic carbocycles. The maximum absolute atomic E-state index is 6.21. The number of fused-ring (bicyclic) bond motifs is 1. The number of aromatic nitrogens is 1. The lowest BCUT2D eigenvalue weighted by Gasteiger charge is -2.16. The number of pyridine rings is 1. The minimum atomic E-state index is 0.752. The standard InChI is InChI=1S/C18H18N2O.C2H6/c1-11-8-13-10-20-7-6-15(13)18(12(11)2)16-9-14(21-3)4-5-17(16)19;1-2/h4-10H,19H2,1-3H3;1-2H3. The molecule has 2 N–H and O–H groups in total. The number of aryl methyl sites for hydroxylation is 1. The highest BCUT2D eigenvalue weighted by atomic mass is 16.5. The van der Waals surface area contributed by atoms with Crippen LogP contribution in [0.15, 0.2) is 42.7 Å². The van der Waals surface area contributed by atoms with Crippen LogP contribution >= 0.6 is 0 Å². The molecule has 23 heavy (non-hydrogen) atoms. The van der Waals surface area contributed by atoms with Crippen molar-refractivity contribution in [2.24, 2.45) is 0 Å². The predicted molar refractivity (Wildman–Crippen MR) is 99.0 cm³/mol. The van der Waals surface area contributed by atoms with Gasteiger partial charge in [0, 0.05) is 29.0 Å². The van der Waals surface area contributed by atoms with Crippen LogP contribution in [0.1, 0.15) is 25.0 Å². The van der Waals surface area contributed by atoms with Gasteiger partial charge in [0.05, 0.1) is 7.11 Å². The number of hydrogen-bond donors (Lipinski definition) is 1. The molecule has 0 spiro atoms. The largest absolute Gasteiger partial charge is 0.497 e. The van der Waals surface area contributed by atoms with Gasteiger partial charge in [0.1, 0.15) is 5.75 Å². The number of ether oxygens (including phenoxy) is 1. The molecule has 0 fully saturated rings. The molecule has 0 saturated heterocycles. The summed E-state index contributed by atoms with van der Waals surface area (Å²) in [7, 11) is 1.67. The van der Waals surface area contributed by atoms with Gasteiger partial charge in [0.25, 0.3) is 0 Å². The van der Waals surface area contributed by atoms with Crippen molar-refractivity contribution in [1.82, 2.24) is 4.98 Å². The summed E-state index contributed by atoms with van der Waals surface area (Å²) in [5, 5.41) is 2.28. The number of methoxy groups -OCH3 is 1. The zero-order valence-corrected chi connectivity index (χ0v) is 14.5. The number of nitrogens with zero attached hydrogens (tertiary/aromatic N) is 1. The average Bonchev–Trinajstić information content (AvgIpc) is 2.59. The molecule has 2 aromatic carbocycles. The second-order valence-corrected chi connectivity index (χ2v) is 5.24. The van der Waals surface area contributed by atoms with Crippen LogP contribution in [0, 0.1) is 13.8 Å². The molecule has 0 radical (unpaired) electrons. The van der Waals surface area contributed by atoms with Crippen molar-refractivity contribution in [3.63, 3.8) is 0 Å². The van der Waals surface area contributed by atoms with Gasteiger partial charge in [-0.25, -0.2) is 0 Å². The number of nitrogens with two attached hydrogens (primary N) is 1. The molecular formula is C20H24N2O. The van der Waals surface area contributed by atoms with E-state index in [1.54, 1.807) is 7.11 Å². The van der Waals surface area contributed by atoms with Gasteiger partial charge in [-0.3, -0.25) is 4.98 Å². The highest BCUT2D eigenvalue weighted by Crippen LogP contribution is 2.38. The van der Waals surface area contributed by atoms with Crippen LogP contribution < -0.4 is 10.5 Å². The van der Waals surface area contributed by atoms with Gasteiger partial charge in [-0.1, -0.05) is 13.8 Å². The van der Waals surface area contributed by atoms with Crippen molar-refractivity contribution >= 4 is 16.5 Å². The van der Waals surface area contributed by atoms with Gasteiger partial charge >= 0.3 is 0 Å². The van der Waals surface area contributed by atoms with E-state index in [4.69, 9.17) is 10.5 Å². The Kier molecular flexibility index (Phi) is 5.22. The number of hydrogen-bond acceptors (Lipinski definition) is 3. The third-order valence-corrected chi connectivity index (χ3v) is 3.99. The molecule has 0 amide bonds. The Labute approximate surface area is 138 Å². The van der Waals surface area contributed by atoms with Gasteiger partial charge in [0.15, 0.2) is 0 Å². The van der Waals surface area contributed by atoms with Gasteiger partial charge < -0.3 is 10.5 Å². The van der Waals surface area contributed by atoms with Gasteiger partial charge in [-0.15, -0.1) is 0 Å². The molecular weight excluding hydrogens is 284 g/mol. The Balaban J connectivity index is 0.000000924. The Bertz CT molecular complexity index is 825. The summed E-state index contributed by atoms with van der Waals surface area (Å²) in [5.41, 5.74) is 11.6. The molecule has 1 aromatic heterocycles. The first-order valence-electron chi connectivity index (χ1n) is 7.89. The number of benzene rings is 2. The lowest BCUT2D eigenvalue weighted by atomic mass is 9.91.